The Morgan fingerprint density at radius 3 is 1.76 bits per heavy atom. The molecule has 5 aliphatic carbocycles. The van der Waals surface area contributed by atoms with Gasteiger partial charge < -0.3 is 139 Å². The van der Waals surface area contributed by atoms with Crippen molar-refractivity contribution in [2.24, 2.45) is 50.2 Å². The molecule has 100 heavy (non-hydrogen) atoms. The molecule has 0 bridgehead atoms. The summed E-state index contributed by atoms with van der Waals surface area (Å²) in [7, 11) is 1.50. The van der Waals surface area contributed by atoms with Crippen molar-refractivity contribution in [1.29, 1.82) is 0 Å². The fourth-order valence-electron chi connectivity index (χ4n) is 19.0. The van der Waals surface area contributed by atoms with E-state index in [2.05, 4.69) is 26.8 Å². The topological polar surface area (TPSA) is 486 Å². The van der Waals surface area contributed by atoms with Crippen molar-refractivity contribution in [3.8, 4) is 5.75 Å². The van der Waals surface area contributed by atoms with Crippen LogP contribution in [0.15, 0.2) is 42.0 Å². The molecule has 5 heterocycles. The van der Waals surface area contributed by atoms with E-state index in [0.29, 0.717) is 37.0 Å². The second-order valence-corrected chi connectivity index (χ2v) is 31.0. The maximum absolute atomic E-state index is 15.9. The van der Waals surface area contributed by atoms with Crippen LogP contribution in [0, 0.1) is 50.2 Å². The van der Waals surface area contributed by atoms with Gasteiger partial charge in [-0.1, -0.05) is 51.5 Å². The molecule has 16 N–H and O–H groups in total. The van der Waals surface area contributed by atoms with Gasteiger partial charge in [0.1, 0.15) is 103 Å². The molecular weight excluding hydrogens is 1320 g/mol. The lowest BCUT2D eigenvalue weighted by Crippen LogP contribution is -2.71. The van der Waals surface area contributed by atoms with Crippen LogP contribution in [0.4, 0.5) is 0 Å². The SMILES string of the molecule is COc1ccc(C=CC(=O)OC2C(C)OC(OC(=O)C34CCC(C)(C)CC3C3=CCC5C6(C)CC(O)C(OC7OC(CO)C(O)C(O)C7O)C(C)(C(=O)O)C6CCC5(C)C3(CO)CC4)C(OC3OC(C)C(OC4OCC(OC5OC(CO)C(O)C(O)C5O)C(O)C4O)C(O)C3O)C2O)cc1. The number of hydrogen-bond acceptors (Lipinski definition) is 30. The van der Waals surface area contributed by atoms with E-state index < -0.39 is 236 Å². The van der Waals surface area contributed by atoms with Crippen LogP contribution >= 0.6 is 0 Å². The van der Waals surface area contributed by atoms with Gasteiger partial charge in [-0.3, -0.25) is 9.59 Å². The minimum Gasteiger partial charge on any atom is -0.497 e. The number of carbonyl (C=O) groups is 3. The van der Waals surface area contributed by atoms with Gasteiger partial charge in [0.15, 0.2) is 37.4 Å². The molecular formula is C69H102O31. The van der Waals surface area contributed by atoms with E-state index in [1.807, 2.05) is 6.92 Å². The van der Waals surface area contributed by atoms with Crippen LogP contribution in [-0.4, -0.2) is 293 Å². The lowest BCUT2D eigenvalue weighted by atomic mass is 9.33. The van der Waals surface area contributed by atoms with Crippen molar-refractivity contribution in [3.05, 3.63) is 47.6 Å². The van der Waals surface area contributed by atoms with Gasteiger partial charge in [-0.05, 0) is 136 Å². The summed E-state index contributed by atoms with van der Waals surface area (Å²) < 4.78 is 71.1. The summed E-state index contributed by atoms with van der Waals surface area (Å²) in [6.45, 7) is 10.1. The molecule has 31 nitrogen and oxygen atoms in total. The number of ether oxygens (including phenoxy) is 12. The van der Waals surface area contributed by atoms with Crippen molar-refractivity contribution >= 4 is 24.0 Å². The van der Waals surface area contributed by atoms with Crippen LogP contribution < -0.4 is 4.74 Å². The summed E-state index contributed by atoms with van der Waals surface area (Å²) >= 11 is 0. The summed E-state index contributed by atoms with van der Waals surface area (Å²) in [4.78, 5) is 43.5. The summed E-state index contributed by atoms with van der Waals surface area (Å²) in [5, 5.41) is 177. The Morgan fingerprint density at radius 2 is 1.15 bits per heavy atom. The first-order valence-electron chi connectivity index (χ1n) is 34.6. The second kappa shape index (κ2) is 29.4. The highest BCUT2D eigenvalue weighted by molar-refractivity contribution is 5.87. The smallest absolute Gasteiger partial charge is 0.331 e. The fourth-order valence-corrected chi connectivity index (χ4v) is 19.0. The van der Waals surface area contributed by atoms with E-state index in [4.69, 9.17) is 56.8 Å². The number of benzene rings is 1. The summed E-state index contributed by atoms with van der Waals surface area (Å²) in [5.74, 6) is -4.07. The lowest BCUT2D eigenvalue weighted by Gasteiger charge is -2.71. The Morgan fingerprint density at radius 1 is 0.580 bits per heavy atom. The number of carboxylic acid groups (broad SMARTS) is 1. The molecule has 4 saturated carbocycles. The number of allylic oxidation sites excluding steroid dienone is 1. The van der Waals surface area contributed by atoms with E-state index >= 15 is 4.79 Å². The van der Waals surface area contributed by atoms with Gasteiger partial charge in [-0.15, -0.1) is 0 Å². The van der Waals surface area contributed by atoms with E-state index in [0.717, 1.165) is 11.6 Å². The van der Waals surface area contributed by atoms with Crippen molar-refractivity contribution in [2.75, 3.05) is 33.5 Å². The molecule has 564 valence electrons. The predicted molar refractivity (Wildman–Crippen MR) is 337 cm³/mol. The first-order valence-corrected chi connectivity index (χ1v) is 34.6. The monoisotopic (exact) mass is 1430 g/mol. The van der Waals surface area contributed by atoms with E-state index in [9.17, 15) is 91.3 Å². The Bertz CT molecular complexity index is 3100. The van der Waals surface area contributed by atoms with Crippen LogP contribution in [0.1, 0.15) is 112 Å². The first-order chi connectivity index (χ1) is 47.1. The molecule has 0 amide bonds. The minimum absolute atomic E-state index is 0.00740. The van der Waals surface area contributed by atoms with Crippen molar-refractivity contribution in [2.45, 2.75) is 266 Å². The van der Waals surface area contributed by atoms with E-state index in [1.165, 1.54) is 34.0 Å². The zero-order valence-corrected chi connectivity index (χ0v) is 57.3. The molecule has 0 spiro atoms. The van der Waals surface area contributed by atoms with Gasteiger partial charge in [-0.25, -0.2) is 4.79 Å². The Hall–Kier alpha value is -4.05. The number of aliphatic carboxylic acids is 1. The number of carbonyl (C=O) groups excluding carboxylic acids is 2. The molecule has 5 saturated heterocycles. The van der Waals surface area contributed by atoms with Gasteiger partial charge in [0.2, 0.25) is 6.29 Å². The third kappa shape index (κ3) is 13.3. The van der Waals surface area contributed by atoms with Crippen LogP contribution in [0.2, 0.25) is 0 Å². The number of esters is 2. The van der Waals surface area contributed by atoms with E-state index in [1.54, 1.807) is 24.3 Å². The maximum Gasteiger partial charge on any atom is 0.331 e. The average molecular weight is 1430 g/mol. The van der Waals surface area contributed by atoms with Crippen LogP contribution in [0.5, 0.6) is 5.75 Å². The molecule has 1 aromatic rings. The molecule has 10 aliphatic rings. The summed E-state index contributed by atoms with van der Waals surface area (Å²) in [5.41, 5.74) is -4.89. The molecule has 34 unspecified atom stereocenters. The quantitative estimate of drug-likeness (QED) is 0.0320. The average Bonchev–Trinajstić information content (AvgIpc) is 0.669. The molecule has 11 rings (SSSR count). The van der Waals surface area contributed by atoms with Crippen molar-refractivity contribution in [1.82, 2.24) is 0 Å². The molecule has 0 aromatic heterocycles. The zero-order chi connectivity index (χ0) is 72.8. The Kier molecular flexibility index (Phi) is 22.6. The molecule has 9 fully saturated rings. The number of hydrogen-bond donors (Lipinski definition) is 16. The zero-order valence-electron chi connectivity index (χ0n) is 57.3. The first kappa shape index (κ1) is 77.1. The lowest BCUT2D eigenvalue weighted by molar-refractivity contribution is -0.378. The standard InChI is InChI=1S/C69H102O31/c1-29-53(97-57-48(81)44(77)38(27-90-57)95-59-49(82)45(78)42(75)36(25-70)93-59)47(80)51(84)58(91-29)98-55-52(85)54(96-41(74)16-11-31-9-12-32(89-8)13-10-31)30(2)92-61(55)100-63(88)68-20-19-64(3,4)23-34(68)33-14-15-39-65(5)24-35(73)56(99-60-50(83)46(79)43(76)37(26-71)94-60)67(7,62(86)87)40(65)17-18-66(39,6)69(33,28-72)22-21-68/h9-14,16,29-30,34-40,42-61,70-73,75-85H,15,17-28H2,1-8H3,(H,86,87). The highest BCUT2D eigenvalue weighted by Crippen LogP contribution is 2.76. The van der Waals surface area contributed by atoms with Crippen molar-refractivity contribution in [3.63, 3.8) is 0 Å². The van der Waals surface area contributed by atoms with Gasteiger partial charge in [0.05, 0.1) is 62.7 Å². The number of fused-ring (bicyclic) bond motifs is 7. The second-order valence-electron chi connectivity index (χ2n) is 31.0. The van der Waals surface area contributed by atoms with Crippen molar-refractivity contribution < 1.29 is 153 Å². The van der Waals surface area contributed by atoms with Gasteiger partial charge in [0.25, 0.3) is 0 Å². The van der Waals surface area contributed by atoms with Gasteiger partial charge >= 0.3 is 17.9 Å². The van der Waals surface area contributed by atoms with Gasteiger partial charge in [0, 0.05) is 11.5 Å². The van der Waals surface area contributed by atoms with Crippen LogP contribution in [0.25, 0.3) is 6.08 Å². The van der Waals surface area contributed by atoms with Crippen LogP contribution in [0.3, 0.4) is 0 Å². The normalized spacial score (nSPS) is 49.4. The van der Waals surface area contributed by atoms with Crippen LogP contribution in [-0.2, 0) is 66.5 Å². The number of methoxy groups -OCH3 is 1. The number of aliphatic hydroxyl groups excluding tert-OH is 15. The highest BCUT2D eigenvalue weighted by Gasteiger charge is 2.74. The Balaban J connectivity index is 0.845. The molecule has 0 radical (unpaired) electrons. The highest BCUT2D eigenvalue weighted by atomic mass is 16.8. The largest absolute Gasteiger partial charge is 0.497 e. The third-order valence-corrected chi connectivity index (χ3v) is 24.9. The summed E-state index contributed by atoms with van der Waals surface area (Å²) in [6, 6.07) is 6.74. The minimum atomic E-state index is -2.07. The van der Waals surface area contributed by atoms with E-state index in [-0.39, 0.29) is 50.0 Å². The Labute approximate surface area is 578 Å². The molecule has 1 aromatic carbocycles. The third-order valence-electron chi connectivity index (χ3n) is 24.9. The molecule has 34 atom stereocenters. The van der Waals surface area contributed by atoms with Gasteiger partial charge in [-0.2, -0.15) is 0 Å². The fraction of sp³-hybridized carbons (Fsp3) is 0.812. The number of carboxylic acids is 1. The number of aliphatic hydroxyl groups is 15. The predicted octanol–water partition coefficient (Wildman–Crippen LogP) is -2.24. The maximum atomic E-state index is 15.9. The summed E-state index contributed by atoms with van der Waals surface area (Å²) in [6.07, 6.45) is -36.7. The number of rotatable bonds is 18. The molecule has 31 heteroatoms. The molecule has 5 aliphatic heterocycles.